The number of benzene rings is 8. The standard InChI is InChI=1S/C55H36N4O/c1-33-30-49-52(54-51(33)42-21-9-12-25-50(42)60-54)44-32-36(35-26-28-47-43(31-35)39-19-8-11-24-46(39)58(47)37-16-3-2-4-17-37)27-29-48(44)59(49)55-56-45-23-10-7-20-41(45)53(57-55)40-22-13-15-34-14-5-6-18-38(34)40/h2-29,31-33H,30H2,1H3. The molecule has 0 aliphatic heterocycles. The maximum atomic E-state index is 6.90. The fourth-order valence-corrected chi connectivity index (χ4v) is 10.1. The number of furan rings is 1. The normalized spacial score (nSPS) is 13.8. The Balaban J connectivity index is 1.08. The first kappa shape index (κ1) is 33.2. The number of aromatic nitrogens is 4. The summed E-state index contributed by atoms with van der Waals surface area (Å²) in [6, 6.07) is 65.1. The maximum Gasteiger partial charge on any atom is 0.235 e. The third-order valence-corrected chi connectivity index (χ3v) is 12.8. The van der Waals surface area contributed by atoms with E-state index in [1.54, 1.807) is 0 Å². The van der Waals surface area contributed by atoms with Crippen LogP contribution in [0.15, 0.2) is 186 Å². The highest BCUT2D eigenvalue weighted by Gasteiger charge is 2.34. The molecule has 8 aromatic carbocycles. The van der Waals surface area contributed by atoms with Crippen LogP contribution in [0, 0.1) is 0 Å². The van der Waals surface area contributed by atoms with Gasteiger partial charge in [-0.15, -0.1) is 0 Å². The summed E-state index contributed by atoms with van der Waals surface area (Å²) >= 11 is 0. The average molecular weight is 769 g/mol. The van der Waals surface area contributed by atoms with Crippen molar-refractivity contribution in [1.29, 1.82) is 0 Å². The smallest absolute Gasteiger partial charge is 0.235 e. The van der Waals surface area contributed by atoms with Crippen LogP contribution in [0.4, 0.5) is 0 Å². The third kappa shape index (κ3) is 4.74. The van der Waals surface area contributed by atoms with Gasteiger partial charge in [0.2, 0.25) is 5.95 Å². The lowest BCUT2D eigenvalue weighted by Crippen LogP contribution is -2.13. The summed E-state index contributed by atoms with van der Waals surface area (Å²) in [5.74, 6) is 1.83. The van der Waals surface area contributed by atoms with Crippen molar-refractivity contribution in [2.24, 2.45) is 0 Å². The van der Waals surface area contributed by atoms with E-state index in [1.807, 2.05) is 0 Å². The average Bonchev–Trinajstić information content (AvgIpc) is 3.96. The Morgan fingerprint density at radius 1 is 0.517 bits per heavy atom. The Kier molecular flexibility index (Phi) is 6.99. The summed E-state index contributed by atoms with van der Waals surface area (Å²) in [5.41, 5.74) is 14.3. The molecule has 1 atom stereocenters. The lowest BCUT2D eigenvalue weighted by Gasteiger charge is -2.21. The minimum atomic E-state index is 0.223. The molecule has 0 saturated carbocycles. The summed E-state index contributed by atoms with van der Waals surface area (Å²) in [4.78, 5) is 10.9. The number of hydrogen-bond donors (Lipinski definition) is 0. The van der Waals surface area contributed by atoms with Gasteiger partial charge in [0, 0.05) is 55.0 Å². The third-order valence-electron chi connectivity index (χ3n) is 12.8. The van der Waals surface area contributed by atoms with Crippen molar-refractivity contribution in [2.75, 3.05) is 0 Å². The molecule has 0 amide bonds. The van der Waals surface area contributed by atoms with Crippen LogP contribution in [0.5, 0.6) is 0 Å². The van der Waals surface area contributed by atoms with Crippen LogP contribution in [-0.2, 0) is 6.42 Å². The van der Waals surface area contributed by atoms with Crippen LogP contribution >= 0.6 is 0 Å². The second kappa shape index (κ2) is 12.6. The van der Waals surface area contributed by atoms with E-state index < -0.39 is 0 Å². The van der Waals surface area contributed by atoms with Crippen molar-refractivity contribution in [3.05, 3.63) is 193 Å². The Bertz CT molecular complexity index is 3710. The van der Waals surface area contributed by atoms with Crippen molar-refractivity contribution >= 4 is 65.4 Å². The number of fused-ring (bicyclic) bond motifs is 12. The van der Waals surface area contributed by atoms with Gasteiger partial charge in [-0.05, 0) is 88.8 Å². The van der Waals surface area contributed by atoms with Gasteiger partial charge in [0.25, 0.3) is 0 Å². The predicted molar refractivity (Wildman–Crippen MR) is 246 cm³/mol. The van der Waals surface area contributed by atoms with Crippen molar-refractivity contribution in [1.82, 2.24) is 19.1 Å². The Labute approximate surface area is 345 Å². The van der Waals surface area contributed by atoms with Crippen molar-refractivity contribution < 1.29 is 4.42 Å². The van der Waals surface area contributed by atoms with E-state index in [1.165, 1.54) is 49.2 Å². The van der Waals surface area contributed by atoms with Gasteiger partial charge in [-0.25, -0.2) is 9.97 Å². The molecule has 12 aromatic rings. The monoisotopic (exact) mass is 768 g/mol. The van der Waals surface area contributed by atoms with E-state index in [2.05, 4.69) is 198 Å². The molecular weight excluding hydrogens is 733 g/mol. The summed E-state index contributed by atoms with van der Waals surface area (Å²) in [5, 5.41) is 8.16. The van der Waals surface area contributed by atoms with Crippen LogP contribution in [0.25, 0.3) is 111 Å². The fraction of sp³-hybridized carbons (Fsp3) is 0.0545. The Morgan fingerprint density at radius 3 is 2.02 bits per heavy atom. The SMILES string of the molecule is CC1Cc2c(c3cc(-c4ccc5c(c4)c4ccccc4n5-c4ccccc4)ccc3n2-c2nc(-c3cccc4ccccc34)c3ccccc3n2)-c2oc3ccccc3c21. The lowest BCUT2D eigenvalue weighted by molar-refractivity contribution is 0.605. The van der Waals surface area contributed by atoms with Crippen molar-refractivity contribution in [2.45, 2.75) is 19.3 Å². The summed E-state index contributed by atoms with van der Waals surface area (Å²) in [7, 11) is 0. The first-order valence-corrected chi connectivity index (χ1v) is 20.7. The van der Waals surface area contributed by atoms with Gasteiger partial charge in [-0.1, -0.05) is 134 Å². The summed E-state index contributed by atoms with van der Waals surface area (Å²) in [6.07, 6.45) is 0.820. The molecule has 0 spiro atoms. The minimum absolute atomic E-state index is 0.223. The van der Waals surface area contributed by atoms with Crippen LogP contribution in [0.1, 0.15) is 24.1 Å². The van der Waals surface area contributed by atoms with E-state index >= 15 is 0 Å². The first-order valence-electron chi connectivity index (χ1n) is 20.7. The van der Waals surface area contributed by atoms with Gasteiger partial charge < -0.3 is 8.98 Å². The van der Waals surface area contributed by atoms with E-state index in [0.717, 1.165) is 73.2 Å². The van der Waals surface area contributed by atoms with E-state index in [4.69, 9.17) is 14.4 Å². The maximum absolute atomic E-state index is 6.90. The van der Waals surface area contributed by atoms with Gasteiger partial charge in [-0.3, -0.25) is 4.57 Å². The van der Waals surface area contributed by atoms with Crippen molar-refractivity contribution in [3.8, 4) is 45.3 Å². The van der Waals surface area contributed by atoms with Gasteiger partial charge in [0.15, 0.2) is 0 Å². The molecule has 0 radical (unpaired) electrons. The zero-order chi connectivity index (χ0) is 39.5. The second-order valence-electron chi connectivity index (χ2n) is 16.2. The number of rotatable bonds is 4. The molecule has 0 saturated heterocycles. The molecular formula is C55H36N4O. The minimum Gasteiger partial charge on any atom is -0.456 e. The molecule has 0 N–H and O–H groups in total. The summed E-state index contributed by atoms with van der Waals surface area (Å²) in [6.45, 7) is 2.32. The van der Waals surface area contributed by atoms with Crippen LogP contribution in [0.2, 0.25) is 0 Å². The van der Waals surface area contributed by atoms with E-state index in [9.17, 15) is 0 Å². The number of nitrogens with zero attached hydrogens (tertiary/aromatic N) is 4. The molecule has 1 unspecified atom stereocenters. The molecule has 60 heavy (non-hydrogen) atoms. The topological polar surface area (TPSA) is 48.8 Å². The zero-order valence-electron chi connectivity index (χ0n) is 32.8. The number of hydrogen-bond acceptors (Lipinski definition) is 3. The summed E-state index contributed by atoms with van der Waals surface area (Å²) < 4.78 is 11.6. The van der Waals surface area contributed by atoms with Crippen LogP contribution in [0.3, 0.4) is 0 Å². The molecule has 4 heterocycles. The van der Waals surface area contributed by atoms with Crippen LogP contribution in [-0.4, -0.2) is 19.1 Å². The second-order valence-corrected chi connectivity index (χ2v) is 16.2. The molecule has 4 aromatic heterocycles. The van der Waals surface area contributed by atoms with Gasteiger partial charge in [-0.2, -0.15) is 0 Å². The zero-order valence-corrected chi connectivity index (χ0v) is 32.8. The Morgan fingerprint density at radius 2 is 1.17 bits per heavy atom. The molecule has 1 aliphatic carbocycles. The van der Waals surface area contributed by atoms with E-state index in [0.29, 0.717) is 5.95 Å². The van der Waals surface area contributed by atoms with E-state index in [-0.39, 0.29) is 5.92 Å². The number of para-hydroxylation sites is 4. The largest absolute Gasteiger partial charge is 0.456 e. The molecule has 1 aliphatic rings. The fourth-order valence-electron chi connectivity index (χ4n) is 10.1. The van der Waals surface area contributed by atoms with Gasteiger partial charge in [0.05, 0.1) is 27.8 Å². The molecule has 0 bridgehead atoms. The predicted octanol–water partition coefficient (Wildman–Crippen LogP) is 14.2. The van der Waals surface area contributed by atoms with Gasteiger partial charge >= 0.3 is 0 Å². The first-order chi connectivity index (χ1) is 29.7. The highest BCUT2D eigenvalue weighted by atomic mass is 16.3. The molecule has 5 heteroatoms. The quantitative estimate of drug-likeness (QED) is 0.179. The molecule has 5 nitrogen and oxygen atoms in total. The van der Waals surface area contributed by atoms with Crippen LogP contribution < -0.4 is 0 Å². The molecule has 282 valence electrons. The Hall–Kier alpha value is -7.76. The van der Waals surface area contributed by atoms with Gasteiger partial charge in [0.1, 0.15) is 11.3 Å². The molecule has 0 fully saturated rings. The van der Waals surface area contributed by atoms with Crippen molar-refractivity contribution in [3.63, 3.8) is 0 Å². The lowest BCUT2D eigenvalue weighted by atomic mass is 9.84. The highest BCUT2D eigenvalue weighted by molar-refractivity contribution is 6.11. The molecule has 13 rings (SSSR count). The highest BCUT2D eigenvalue weighted by Crippen LogP contribution is 2.50.